The van der Waals surface area contributed by atoms with E-state index in [0.29, 0.717) is 17.4 Å². The molecule has 0 radical (unpaired) electrons. The smallest absolute Gasteiger partial charge is 0.234 e. The van der Waals surface area contributed by atoms with Gasteiger partial charge in [-0.05, 0) is 55.2 Å². The highest BCUT2D eigenvalue weighted by molar-refractivity contribution is 8.01. The Balaban J connectivity index is 1.21. The molecule has 0 bridgehead atoms. The Hall–Kier alpha value is -2.52. The molecule has 0 spiro atoms. The monoisotopic (exact) mass is 443 g/mol. The standard InChI is InChI=1S/C21H25N5O2S2/c1-15-8-10-26(11-9-15)17-6-4-16(5-7-17)23-19(27)14-29-21-25-24-20(30-21)22-13-18-3-2-12-28-18/h2-7,12,15H,8-11,13-14H2,1H3,(H,22,24)(H,23,27). The summed E-state index contributed by atoms with van der Waals surface area (Å²) in [5.41, 5.74) is 2.03. The molecule has 0 saturated carbocycles. The quantitative estimate of drug-likeness (QED) is 0.488. The number of hydrogen-bond acceptors (Lipinski definition) is 8. The van der Waals surface area contributed by atoms with Gasteiger partial charge in [-0.3, -0.25) is 4.79 Å². The van der Waals surface area contributed by atoms with Crippen LogP contribution in [0.4, 0.5) is 16.5 Å². The summed E-state index contributed by atoms with van der Waals surface area (Å²) in [5.74, 6) is 1.88. The van der Waals surface area contributed by atoms with Crippen LogP contribution in [0.25, 0.3) is 0 Å². The zero-order valence-electron chi connectivity index (χ0n) is 16.8. The second-order valence-electron chi connectivity index (χ2n) is 7.36. The van der Waals surface area contributed by atoms with Gasteiger partial charge in [-0.15, -0.1) is 10.2 Å². The Morgan fingerprint density at radius 3 is 2.77 bits per heavy atom. The first-order valence-corrected chi connectivity index (χ1v) is 11.8. The molecular formula is C21H25N5O2S2. The van der Waals surface area contributed by atoms with E-state index in [1.807, 2.05) is 24.3 Å². The van der Waals surface area contributed by atoms with Gasteiger partial charge in [0.25, 0.3) is 0 Å². The van der Waals surface area contributed by atoms with Crippen LogP contribution >= 0.6 is 23.1 Å². The van der Waals surface area contributed by atoms with E-state index < -0.39 is 0 Å². The van der Waals surface area contributed by atoms with Crippen molar-refractivity contribution in [2.24, 2.45) is 5.92 Å². The van der Waals surface area contributed by atoms with Crippen LogP contribution in [0.15, 0.2) is 51.4 Å². The minimum Gasteiger partial charge on any atom is -0.467 e. The fraction of sp³-hybridized carbons (Fsp3) is 0.381. The number of carbonyl (C=O) groups is 1. The lowest BCUT2D eigenvalue weighted by Gasteiger charge is -2.32. The Kier molecular flexibility index (Phi) is 6.91. The number of anilines is 3. The van der Waals surface area contributed by atoms with Crippen molar-refractivity contribution in [1.82, 2.24) is 10.2 Å². The van der Waals surface area contributed by atoms with Crippen LogP contribution in [-0.2, 0) is 11.3 Å². The van der Waals surface area contributed by atoms with Crippen molar-refractivity contribution in [1.29, 1.82) is 0 Å². The lowest BCUT2D eigenvalue weighted by Crippen LogP contribution is -2.32. The van der Waals surface area contributed by atoms with Crippen molar-refractivity contribution in [2.75, 3.05) is 34.4 Å². The molecule has 7 nitrogen and oxygen atoms in total. The van der Waals surface area contributed by atoms with Crippen LogP contribution in [0.5, 0.6) is 0 Å². The summed E-state index contributed by atoms with van der Waals surface area (Å²) < 4.78 is 6.03. The lowest BCUT2D eigenvalue weighted by molar-refractivity contribution is -0.113. The fourth-order valence-corrected chi connectivity index (χ4v) is 4.81. The number of rotatable bonds is 8. The number of amides is 1. The number of furan rings is 1. The fourth-order valence-electron chi connectivity index (χ4n) is 3.26. The molecule has 30 heavy (non-hydrogen) atoms. The van der Waals surface area contributed by atoms with Crippen LogP contribution in [0.2, 0.25) is 0 Å². The van der Waals surface area contributed by atoms with Crippen LogP contribution in [-0.4, -0.2) is 34.9 Å². The number of benzene rings is 1. The zero-order chi connectivity index (χ0) is 20.8. The molecule has 0 aliphatic carbocycles. The molecule has 2 N–H and O–H groups in total. The summed E-state index contributed by atoms with van der Waals surface area (Å²) in [6.07, 6.45) is 4.11. The number of hydrogen-bond donors (Lipinski definition) is 2. The van der Waals surface area contributed by atoms with Gasteiger partial charge in [-0.2, -0.15) is 0 Å². The molecule has 0 atom stereocenters. The Morgan fingerprint density at radius 1 is 1.23 bits per heavy atom. The molecule has 1 aliphatic rings. The minimum absolute atomic E-state index is 0.0557. The van der Waals surface area contributed by atoms with Crippen molar-refractivity contribution in [3.8, 4) is 0 Å². The maximum atomic E-state index is 12.3. The molecule has 4 rings (SSSR count). The van der Waals surface area contributed by atoms with E-state index in [2.05, 4.69) is 44.8 Å². The number of nitrogens with zero attached hydrogens (tertiary/aromatic N) is 3. The van der Waals surface area contributed by atoms with Crippen molar-refractivity contribution in [3.05, 3.63) is 48.4 Å². The van der Waals surface area contributed by atoms with Gasteiger partial charge in [0.2, 0.25) is 11.0 Å². The third-order valence-electron chi connectivity index (χ3n) is 5.03. The van der Waals surface area contributed by atoms with Crippen LogP contribution in [0.1, 0.15) is 25.5 Å². The first-order valence-electron chi connectivity index (χ1n) is 10.0. The van der Waals surface area contributed by atoms with Gasteiger partial charge in [-0.25, -0.2) is 0 Å². The Morgan fingerprint density at radius 2 is 2.03 bits per heavy atom. The highest BCUT2D eigenvalue weighted by Crippen LogP contribution is 2.27. The molecule has 1 fully saturated rings. The normalized spacial score (nSPS) is 14.6. The molecule has 1 amide bonds. The third-order valence-corrected chi connectivity index (χ3v) is 7.04. The maximum Gasteiger partial charge on any atom is 0.234 e. The largest absolute Gasteiger partial charge is 0.467 e. The SMILES string of the molecule is CC1CCN(c2ccc(NC(=O)CSc3nnc(NCc4ccco4)s3)cc2)CC1. The first-order chi connectivity index (χ1) is 14.7. The van der Waals surface area contributed by atoms with Gasteiger partial charge in [0.1, 0.15) is 5.76 Å². The summed E-state index contributed by atoms with van der Waals surface area (Å²) in [4.78, 5) is 14.7. The molecule has 1 aliphatic heterocycles. The molecule has 0 unspecified atom stereocenters. The second kappa shape index (κ2) is 9.99. The molecule has 1 saturated heterocycles. The summed E-state index contributed by atoms with van der Waals surface area (Å²) in [6.45, 7) is 5.07. The lowest BCUT2D eigenvalue weighted by atomic mass is 9.99. The summed E-state index contributed by atoms with van der Waals surface area (Å²) in [7, 11) is 0. The number of piperidine rings is 1. The second-order valence-corrected chi connectivity index (χ2v) is 9.56. The number of carbonyl (C=O) groups excluding carboxylic acids is 1. The molecular weight excluding hydrogens is 418 g/mol. The highest BCUT2D eigenvalue weighted by atomic mass is 32.2. The van der Waals surface area contributed by atoms with Gasteiger partial charge < -0.3 is 20.0 Å². The average Bonchev–Trinajstić information content (AvgIpc) is 3.44. The average molecular weight is 444 g/mol. The highest BCUT2D eigenvalue weighted by Gasteiger charge is 2.16. The van der Waals surface area contributed by atoms with E-state index in [-0.39, 0.29) is 5.91 Å². The summed E-state index contributed by atoms with van der Waals surface area (Å²) in [5, 5.41) is 15.0. The topological polar surface area (TPSA) is 83.3 Å². The van der Waals surface area contributed by atoms with Gasteiger partial charge >= 0.3 is 0 Å². The van der Waals surface area contributed by atoms with Crippen molar-refractivity contribution in [2.45, 2.75) is 30.6 Å². The molecule has 3 heterocycles. The van der Waals surface area contributed by atoms with Gasteiger partial charge in [0, 0.05) is 24.5 Å². The number of nitrogens with one attached hydrogen (secondary N) is 2. The summed E-state index contributed by atoms with van der Waals surface area (Å²) in [6, 6.07) is 11.8. The van der Waals surface area contributed by atoms with Crippen molar-refractivity contribution in [3.63, 3.8) is 0 Å². The zero-order valence-corrected chi connectivity index (χ0v) is 18.5. The first kappa shape index (κ1) is 20.7. The number of aromatic nitrogens is 2. The van der Waals surface area contributed by atoms with E-state index in [0.717, 1.165) is 34.8 Å². The summed E-state index contributed by atoms with van der Waals surface area (Å²) >= 11 is 2.80. The predicted molar refractivity (Wildman–Crippen MR) is 122 cm³/mol. The Labute approximate surface area is 184 Å². The molecule has 1 aromatic carbocycles. The van der Waals surface area contributed by atoms with Crippen LogP contribution < -0.4 is 15.5 Å². The Bertz CT molecular complexity index is 935. The van der Waals surface area contributed by atoms with E-state index in [1.54, 1.807) is 6.26 Å². The minimum atomic E-state index is -0.0557. The number of thioether (sulfide) groups is 1. The van der Waals surface area contributed by atoms with Crippen LogP contribution in [0, 0.1) is 5.92 Å². The van der Waals surface area contributed by atoms with Crippen molar-refractivity contribution < 1.29 is 9.21 Å². The van der Waals surface area contributed by atoms with E-state index >= 15 is 0 Å². The van der Waals surface area contributed by atoms with E-state index in [4.69, 9.17) is 4.42 Å². The maximum absolute atomic E-state index is 12.3. The third kappa shape index (κ3) is 5.76. The van der Waals surface area contributed by atoms with Crippen LogP contribution in [0.3, 0.4) is 0 Å². The van der Waals surface area contributed by atoms with Gasteiger partial charge in [0.15, 0.2) is 4.34 Å². The molecule has 3 aromatic rings. The van der Waals surface area contributed by atoms with Gasteiger partial charge in [0.05, 0.1) is 18.6 Å². The molecule has 9 heteroatoms. The molecule has 158 valence electrons. The van der Waals surface area contributed by atoms with Crippen molar-refractivity contribution >= 4 is 45.5 Å². The van der Waals surface area contributed by atoms with E-state index in [1.165, 1.54) is 41.6 Å². The molecule has 2 aromatic heterocycles. The van der Waals surface area contributed by atoms with Gasteiger partial charge in [-0.1, -0.05) is 30.0 Å². The van der Waals surface area contributed by atoms with E-state index in [9.17, 15) is 4.79 Å². The predicted octanol–water partition coefficient (Wildman–Crippen LogP) is 4.71.